The van der Waals surface area contributed by atoms with Gasteiger partial charge in [0, 0.05) is 36.6 Å². The van der Waals surface area contributed by atoms with Crippen LogP contribution in [0.2, 0.25) is 0 Å². The van der Waals surface area contributed by atoms with Crippen LogP contribution in [0, 0.1) is 0 Å². The predicted octanol–water partition coefficient (Wildman–Crippen LogP) is 4.22. The number of aromatic nitrogens is 2. The highest BCUT2D eigenvalue weighted by atomic mass is 16.5. The zero-order valence-electron chi connectivity index (χ0n) is 18.8. The Labute approximate surface area is 189 Å². The molecule has 0 aliphatic carbocycles. The van der Waals surface area contributed by atoms with Gasteiger partial charge in [-0.1, -0.05) is 18.2 Å². The number of rotatable bonds is 10. The fraction of sp³-hybridized carbons (Fsp3) is 0.320. The van der Waals surface area contributed by atoms with Crippen molar-refractivity contribution in [2.45, 2.75) is 39.7 Å². The van der Waals surface area contributed by atoms with Crippen LogP contribution in [-0.2, 0) is 20.7 Å². The van der Waals surface area contributed by atoms with Crippen molar-refractivity contribution in [3.63, 3.8) is 0 Å². The molecule has 0 unspecified atom stereocenters. The summed E-state index contributed by atoms with van der Waals surface area (Å²) in [6.07, 6.45) is 4.30. The number of aryl methyl sites for hydroxylation is 1. The van der Waals surface area contributed by atoms with Crippen LogP contribution in [0.25, 0.3) is 5.69 Å². The summed E-state index contributed by atoms with van der Waals surface area (Å²) in [5.41, 5.74) is 3.65. The average molecular weight is 435 g/mol. The van der Waals surface area contributed by atoms with E-state index >= 15 is 0 Å². The first-order chi connectivity index (χ1) is 15.5. The number of hydrogen-bond acceptors (Lipinski definition) is 5. The summed E-state index contributed by atoms with van der Waals surface area (Å²) in [5.74, 6) is -0.780. The first-order valence-corrected chi connectivity index (χ1v) is 10.9. The maximum absolute atomic E-state index is 12.1. The molecule has 0 saturated heterocycles. The smallest absolute Gasteiger partial charge is 0.306 e. The molecule has 32 heavy (non-hydrogen) atoms. The van der Waals surface area contributed by atoms with Gasteiger partial charge in [-0.3, -0.25) is 9.59 Å². The van der Waals surface area contributed by atoms with Crippen LogP contribution < -0.4 is 10.2 Å². The number of esters is 1. The number of nitrogens with one attached hydrogen (secondary N) is 1. The second-order valence-electron chi connectivity index (χ2n) is 7.76. The summed E-state index contributed by atoms with van der Waals surface area (Å²) >= 11 is 0. The Hall–Kier alpha value is -3.61. The van der Waals surface area contributed by atoms with E-state index in [2.05, 4.69) is 36.1 Å². The lowest BCUT2D eigenvalue weighted by atomic mass is 10.2. The van der Waals surface area contributed by atoms with Gasteiger partial charge in [0.2, 0.25) is 0 Å². The zero-order valence-corrected chi connectivity index (χ0v) is 18.8. The van der Waals surface area contributed by atoms with Crippen LogP contribution in [0.4, 0.5) is 11.4 Å². The molecule has 2 aromatic carbocycles. The predicted molar refractivity (Wildman–Crippen MR) is 126 cm³/mol. The lowest BCUT2D eigenvalue weighted by Crippen LogP contribution is -2.30. The molecule has 3 aromatic rings. The number of hydrogen-bond donors (Lipinski definition) is 1. The Morgan fingerprint density at radius 3 is 2.47 bits per heavy atom. The minimum absolute atomic E-state index is 0.185. The van der Waals surface area contributed by atoms with Gasteiger partial charge in [0.25, 0.3) is 5.91 Å². The molecule has 0 aliphatic heterocycles. The van der Waals surface area contributed by atoms with E-state index in [0.29, 0.717) is 18.2 Å². The largest absolute Gasteiger partial charge is 0.456 e. The first kappa shape index (κ1) is 23.1. The van der Waals surface area contributed by atoms with E-state index in [9.17, 15) is 9.59 Å². The number of amides is 1. The summed E-state index contributed by atoms with van der Waals surface area (Å²) in [4.78, 5) is 26.4. The van der Waals surface area contributed by atoms with Gasteiger partial charge in [0.05, 0.1) is 11.9 Å². The SMILES string of the molecule is CCN(c1ccc(NC(=O)COC(=O)CCc2cnn(-c3ccccc3)c2)cc1)C(C)C. The van der Waals surface area contributed by atoms with E-state index in [4.69, 9.17) is 4.74 Å². The fourth-order valence-electron chi connectivity index (χ4n) is 3.45. The average Bonchev–Trinajstić information content (AvgIpc) is 3.27. The highest BCUT2D eigenvalue weighted by Crippen LogP contribution is 2.20. The van der Waals surface area contributed by atoms with Crippen molar-refractivity contribution in [1.82, 2.24) is 9.78 Å². The van der Waals surface area contributed by atoms with Crippen LogP contribution in [0.15, 0.2) is 67.0 Å². The number of benzene rings is 2. The van der Waals surface area contributed by atoms with Gasteiger partial charge in [0.1, 0.15) is 0 Å². The molecule has 0 spiro atoms. The Balaban J connectivity index is 1.41. The summed E-state index contributed by atoms with van der Waals surface area (Å²) in [6.45, 7) is 6.99. The zero-order chi connectivity index (χ0) is 22.9. The molecule has 1 heterocycles. The second-order valence-corrected chi connectivity index (χ2v) is 7.76. The van der Waals surface area contributed by atoms with Crippen LogP contribution in [-0.4, -0.2) is 40.9 Å². The highest BCUT2D eigenvalue weighted by Gasteiger charge is 2.11. The quantitative estimate of drug-likeness (QED) is 0.484. The van der Waals surface area contributed by atoms with Crippen molar-refractivity contribution < 1.29 is 14.3 Å². The molecule has 7 nitrogen and oxygen atoms in total. The Bertz CT molecular complexity index is 1010. The molecule has 1 amide bonds. The lowest BCUT2D eigenvalue weighted by Gasteiger charge is -2.27. The monoisotopic (exact) mass is 434 g/mol. The molecular formula is C25H30N4O3. The van der Waals surface area contributed by atoms with Crippen LogP contribution in [0.3, 0.4) is 0 Å². The van der Waals surface area contributed by atoms with Gasteiger partial charge in [-0.05, 0) is 69.2 Å². The third-order valence-corrected chi connectivity index (χ3v) is 5.09. The van der Waals surface area contributed by atoms with Gasteiger partial charge in [-0.25, -0.2) is 4.68 Å². The third kappa shape index (κ3) is 6.44. The normalized spacial score (nSPS) is 10.8. The summed E-state index contributed by atoms with van der Waals surface area (Å²) in [5, 5.41) is 7.07. The summed E-state index contributed by atoms with van der Waals surface area (Å²) in [6, 6.07) is 17.8. The maximum atomic E-state index is 12.1. The number of para-hydroxylation sites is 1. The lowest BCUT2D eigenvalue weighted by molar-refractivity contribution is -0.147. The molecular weight excluding hydrogens is 404 g/mol. The molecule has 0 atom stereocenters. The highest BCUT2D eigenvalue weighted by molar-refractivity contribution is 5.92. The van der Waals surface area contributed by atoms with Crippen LogP contribution >= 0.6 is 0 Å². The molecule has 1 aromatic heterocycles. The molecule has 0 aliphatic rings. The Morgan fingerprint density at radius 2 is 1.81 bits per heavy atom. The van der Waals surface area contributed by atoms with Crippen molar-refractivity contribution in [2.24, 2.45) is 0 Å². The fourth-order valence-corrected chi connectivity index (χ4v) is 3.45. The third-order valence-electron chi connectivity index (χ3n) is 5.09. The number of carbonyl (C=O) groups excluding carboxylic acids is 2. The van der Waals surface area contributed by atoms with Gasteiger partial charge in [-0.15, -0.1) is 0 Å². The van der Waals surface area contributed by atoms with Crippen molar-refractivity contribution >= 4 is 23.3 Å². The number of anilines is 2. The molecule has 0 bridgehead atoms. The van der Waals surface area contributed by atoms with E-state index in [1.165, 1.54) is 0 Å². The van der Waals surface area contributed by atoms with E-state index in [1.54, 1.807) is 10.9 Å². The maximum Gasteiger partial charge on any atom is 0.306 e. The first-order valence-electron chi connectivity index (χ1n) is 10.9. The molecule has 1 N–H and O–H groups in total. The van der Waals surface area contributed by atoms with Gasteiger partial charge in [0.15, 0.2) is 6.61 Å². The summed E-state index contributed by atoms with van der Waals surface area (Å²) in [7, 11) is 0. The molecule has 0 fully saturated rings. The van der Waals surface area contributed by atoms with Gasteiger partial charge < -0.3 is 15.0 Å². The van der Waals surface area contributed by atoms with Gasteiger partial charge >= 0.3 is 5.97 Å². The van der Waals surface area contributed by atoms with Crippen molar-refractivity contribution in [3.8, 4) is 5.69 Å². The van der Waals surface area contributed by atoms with Crippen molar-refractivity contribution in [1.29, 1.82) is 0 Å². The molecule has 7 heteroatoms. The standard InChI is InChI=1S/C25H30N4O3/c1-4-28(19(2)3)22-13-11-21(12-14-22)27-24(30)18-32-25(31)15-10-20-16-26-29(17-20)23-8-6-5-7-9-23/h5-9,11-14,16-17,19H,4,10,15,18H2,1-3H3,(H,27,30). The van der Waals surface area contributed by atoms with Crippen LogP contribution in [0.1, 0.15) is 32.8 Å². The van der Waals surface area contributed by atoms with Gasteiger partial charge in [-0.2, -0.15) is 5.10 Å². The molecule has 0 radical (unpaired) electrons. The van der Waals surface area contributed by atoms with E-state index in [0.717, 1.165) is 23.5 Å². The minimum atomic E-state index is -0.418. The Morgan fingerprint density at radius 1 is 1.09 bits per heavy atom. The molecule has 168 valence electrons. The van der Waals surface area contributed by atoms with E-state index in [1.807, 2.05) is 60.8 Å². The van der Waals surface area contributed by atoms with Crippen LogP contribution in [0.5, 0.6) is 0 Å². The Kier molecular flexibility index (Phi) is 8.02. The summed E-state index contributed by atoms with van der Waals surface area (Å²) < 4.78 is 6.88. The van der Waals surface area contributed by atoms with E-state index < -0.39 is 5.97 Å². The minimum Gasteiger partial charge on any atom is -0.456 e. The van der Waals surface area contributed by atoms with E-state index in [-0.39, 0.29) is 18.9 Å². The van der Waals surface area contributed by atoms with Crippen molar-refractivity contribution in [3.05, 3.63) is 72.6 Å². The molecule has 0 saturated carbocycles. The topological polar surface area (TPSA) is 76.5 Å². The number of ether oxygens (including phenoxy) is 1. The number of nitrogens with zero attached hydrogens (tertiary/aromatic N) is 3. The number of carbonyl (C=O) groups is 2. The molecule has 3 rings (SSSR count). The second kappa shape index (κ2) is 11.1. The van der Waals surface area contributed by atoms with Crippen molar-refractivity contribution in [2.75, 3.05) is 23.4 Å².